The van der Waals surface area contributed by atoms with Crippen LogP contribution in [0.15, 0.2) is 10.9 Å². The molecule has 0 radical (unpaired) electrons. The van der Waals surface area contributed by atoms with Gasteiger partial charge < -0.3 is 14.6 Å². The van der Waals surface area contributed by atoms with E-state index >= 15 is 0 Å². The maximum Gasteiger partial charge on any atom is 0.337 e. The molecular formula is C15H22N2O3. The average Bonchev–Trinajstić information content (AvgIpc) is 2.85. The predicted octanol–water partition coefficient (Wildman–Crippen LogP) is 1.65. The number of hydrogen-bond donors (Lipinski definition) is 1. The van der Waals surface area contributed by atoms with Gasteiger partial charge in [-0.25, -0.2) is 4.79 Å². The molecule has 0 amide bonds. The van der Waals surface area contributed by atoms with E-state index in [1.165, 1.54) is 18.9 Å². The maximum atomic E-state index is 12.0. The van der Waals surface area contributed by atoms with E-state index in [0.29, 0.717) is 17.8 Å². The van der Waals surface area contributed by atoms with Gasteiger partial charge in [0.2, 0.25) is 0 Å². The highest BCUT2D eigenvalue weighted by Gasteiger charge is 2.16. The number of hydrogen-bond acceptors (Lipinski definition) is 3. The monoisotopic (exact) mass is 278 g/mol. The summed E-state index contributed by atoms with van der Waals surface area (Å²) in [5, 5.41) is 9.24. The van der Waals surface area contributed by atoms with Crippen molar-refractivity contribution in [3.63, 3.8) is 0 Å². The van der Waals surface area contributed by atoms with Gasteiger partial charge in [-0.2, -0.15) is 0 Å². The van der Waals surface area contributed by atoms with Crippen molar-refractivity contribution in [1.29, 1.82) is 0 Å². The molecule has 110 valence electrons. The van der Waals surface area contributed by atoms with Crippen LogP contribution in [0.5, 0.6) is 0 Å². The number of aromatic nitrogens is 1. The van der Waals surface area contributed by atoms with Crippen LogP contribution in [0.2, 0.25) is 0 Å². The van der Waals surface area contributed by atoms with Gasteiger partial charge in [-0.3, -0.25) is 4.79 Å². The average molecular weight is 278 g/mol. The number of aryl methyl sites for hydroxylation is 1. The maximum absolute atomic E-state index is 12.0. The summed E-state index contributed by atoms with van der Waals surface area (Å²) in [5.41, 5.74) is 1.25. The van der Waals surface area contributed by atoms with Gasteiger partial charge in [-0.05, 0) is 58.3 Å². The highest BCUT2D eigenvalue weighted by molar-refractivity contribution is 5.90. The Morgan fingerprint density at radius 1 is 1.25 bits per heavy atom. The molecule has 0 atom stereocenters. The number of aromatic carboxylic acids is 1. The topological polar surface area (TPSA) is 62.5 Å². The Morgan fingerprint density at radius 2 is 1.90 bits per heavy atom. The van der Waals surface area contributed by atoms with Crippen molar-refractivity contribution in [2.24, 2.45) is 0 Å². The summed E-state index contributed by atoms with van der Waals surface area (Å²) in [5.74, 6) is -0.965. The fourth-order valence-corrected chi connectivity index (χ4v) is 2.98. The number of carbonyl (C=O) groups is 1. The number of nitrogens with zero attached hydrogens (tertiary/aromatic N) is 2. The van der Waals surface area contributed by atoms with Crippen molar-refractivity contribution in [2.75, 3.05) is 19.6 Å². The van der Waals surface area contributed by atoms with E-state index < -0.39 is 5.97 Å². The van der Waals surface area contributed by atoms with Gasteiger partial charge in [0.25, 0.3) is 5.56 Å². The number of likely N-dealkylation sites (tertiary alicyclic amines) is 1. The highest BCUT2D eigenvalue weighted by atomic mass is 16.4. The number of carboxylic acids is 1. The molecule has 20 heavy (non-hydrogen) atoms. The van der Waals surface area contributed by atoms with E-state index in [1.807, 2.05) is 0 Å². The Hall–Kier alpha value is -1.62. The molecule has 1 aromatic heterocycles. The first-order valence-electron chi connectivity index (χ1n) is 7.17. The van der Waals surface area contributed by atoms with E-state index in [1.54, 1.807) is 18.4 Å². The third kappa shape index (κ3) is 3.10. The largest absolute Gasteiger partial charge is 0.478 e. The molecule has 0 aliphatic carbocycles. The zero-order valence-corrected chi connectivity index (χ0v) is 12.2. The van der Waals surface area contributed by atoms with Crippen LogP contribution in [0.1, 0.15) is 40.9 Å². The smallest absolute Gasteiger partial charge is 0.337 e. The molecule has 0 saturated carbocycles. The van der Waals surface area contributed by atoms with Crippen LogP contribution in [0, 0.1) is 13.8 Å². The Labute approximate surface area is 118 Å². The quantitative estimate of drug-likeness (QED) is 0.889. The second-order valence-electron chi connectivity index (χ2n) is 5.49. The molecule has 1 saturated heterocycles. The summed E-state index contributed by atoms with van der Waals surface area (Å²) in [7, 11) is 0. The van der Waals surface area contributed by atoms with Gasteiger partial charge in [-0.15, -0.1) is 0 Å². The lowest BCUT2D eigenvalue weighted by atomic mass is 10.1. The van der Waals surface area contributed by atoms with E-state index in [0.717, 1.165) is 26.1 Å². The van der Waals surface area contributed by atoms with Gasteiger partial charge in [0.05, 0.1) is 5.56 Å². The van der Waals surface area contributed by atoms with Crippen LogP contribution in [-0.4, -0.2) is 40.2 Å². The Kier molecular flexibility index (Phi) is 4.60. The first kappa shape index (κ1) is 14.8. The minimum Gasteiger partial charge on any atom is -0.478 e. The van der Waals surface area contributed by atoms with Gasteiger partial charge in [0.1, 0.15) is 0 Å². The molecule has 1 N–H and O–H groups in total. The number of carboxylic acid groups (broad SMARTS) is 1. The zero-order valence-electron chi connectivity index (χ0n) is 12.2. The molecule has 1 aromatic rings. The summed E-state index contributed by atoms with van der Waals surface area (Å²) < 4.78 is 1.59. The fourth-order valence-electron chi connectivity index (χ4n) is 2.98. The first-order chi connectivity index (χ1) is 9.50. The van der Waals surface area contributed by atoms with Gasteiger partial charge in [0, 0.05) is 18.3 Å². The fraction of sp³-hybridized carbons (Fsp3) is 0.600. The molecule has 1 fully saturated rings. The Balaban J connectivity index is 2.12. The molecule has 0 aromatic carbocycles. The molecule has 1 aliphatic rings. The molecule has 0 bridgehead atoms. The molecular weight excluding hydrogens is 256 g/mol. The van der Waals surface area contributed by atoms with Crippen LogP contribution in [0.3, 0.4) is 0 Å². The number of rotatable bonds is 5. The van der Waals surface area contributed by atoms with Crippen molar-refractivity contribution in [3.05, 3.63) is 33.2 Å². The summed E-state index contributed by atoms with van der Waals surface area (Å²) in [4.78, 5) is 25.7. The molecule has 0 spiro atoms. The second-order valence-corrected chi connectivity index (χ2v) is 5.49. The number of pyridine rings is 1. The van der Waals surface area contributed by atoms with E-state index in [-0.39, 0.29) is 11.1 Å². The molecule has 2 heterocycles. The molecule has 2 rings (SSSR count). The van der Waals surface area contributed by atoms with Crippen molar-refractivity contribution in [3.8, 4) is 0 Å². The normalized spacial score (nSPS) is 15.7. The third-order valence-electron chi connectivity index (χ3n) is 4.04. The van der Waals surface area contributed by atoms with Crippen molar-refractivity contribution in [1.82, 2.24) is 9.47 Å². The highest BCUT2D eigenvalue weighted by Crippen LogP contribution is 2.12. The summed E-state index contributed by atoms with van der Waals surface area (Å²) in [6.45, 7) is 7.23. The lowest BCUT2D eigenvalue weighted by Crippen LogP contribution is -2.28. The Morgan fingerprint density at radius 3 is 2.50 bits per heavy atom. The van der Waals surface area contributed by atoms with Crippen LogP contribution in [0.4, 0.5) is 0 Å². The lowest BCUT2D eigenvalue weighted by molar-refractivity contribution is 0.0694. The van der Waals surface area contributed by atoms with Crippen molar-refractivity contribution in [2.45, 2.75) is 39.7 Å². The zero-order chi connectivity index (χ0) is 14.7. The van der Waals surface area contributed by atoms with Crippen molar-refractivity contribution >= 4 is 5.97 Å². The summed E-state index contributed by atoms with van der Waals surface area (Å²) in [6.07, 6.45) is 3.39. The third-order valence-corrected chi connectivity index (χ3v) is 4.04. The summed E-state index contributed by atoms with van der Waals surface area (Å²) in [6, 6.07) is 1.42. The van der Waals surface area contributed by atoms with Gasteiger partial charge in [-0.1, -0.05) is 0 Å². The van der Waals surface area contributed by atoms with Gasteiger partial charge in [0.15, 0.2) is 0 Å². The molecule has 5 nitrogen and oxygen atoms in total. The van der Waals surface area contributed by atoms with Crippen molar-refractivity contribution < 1.29 is 9.90 Å². The van der Waals surface area contributed by atoms with Crippen LogP contribution < -0.4 is 5.56 Å². The van der Waals surface area contributed by atoms with Crippen LogP contribution in [0.25, 0.3) is 0 Å². The Bertz CT molecular complexity index is 557. The molecule has 1 aliphatic heterocycles. The first-order valence-corrected chi connectivity index (χ1v) is 7.17. The van der Waals surface area contributed by atoms with Crippen LogP contribution in [-0.2, 0) is 6.54 Å². The van der Waals surface area contributed by atoms with E-state index in [4.69, 9.17) is 0 Å². The second kappa shape index (κ2) is 6.22. The molecule has 0 unspecified atom stereocenters. The van der Waals surface area contributed by atoms with Crippen LogP contribution >= 0.6 is 0 Å². The summed E-state index contributed by atoms with van der Waals surface area (Å²) >= 11 is 0. The van der Waals surface area contributed by atoms with E-state index in [9.17, 15) is 14.7 Å². The molecule has 5 heteroatoms. The van der Waals surface area contributed by atoms with E-state index in [2.05, 4.69) is 4.90 Å². The SMILES string of the molecule is Cc1cc(=O)n(CCCN2CCCC2)c(C)c1C(=O)O. The minimum atomic E-state index is -0.965. The standard InChI is InChI=1S/C15H22N2O3/c1-11-10-13(18)17(12(2)14(11)15(19)20)9-5-8-16-6-3-4-7-16/h10H,3-9H2,1-2H3,(H,19,20). The minimum absolute atomic E-state index is 0.105. The predicted molar refractivity (Wildman–Crippen MR) is 77.4 cm³/mol. The lowest BCUT2D eigenvalue weighted by Gasteiger charge is -2.17. The van der Waals surface area contributed by atoms with Gasteiger partial charge >= 0.3 is 5.97 Å².